The molecule has 0 saturated heterocycles. The highest BCUT2D eigenvalue weighted by Crippen LogP contribution is 2.17. The maximum atomic E-state index is 11.3. The van der Waals surface area contributed by atoms with E-state index in [1.165, 1.54) is 11.1 Å². The molecule has 0 fully saturated rings. The van der Waals surface area contributed by atoms with Gasteiger partial charge in [-0.25, -0.2) is 4.79 Å². The van der Waals surface area contributed by atoms with Crippen molar-refractivity contribution in [3.8, 4) is 0 Å². The van der Waals surface area contributed by atoms with Gasteiger partial charge in [0.1, 0.15) is 0 Å². The van der Waals surface area contributed by atoms with Crippen molar-refractivity contribution in [2.45, 2.75) is 20.8 Å². The first kappa shape index (κ1) is 10.6. The van der Waals surface area contributed by atoms with E-state index in [-0.39, 0.29) is 5.97 Å². The standard InChI is InChI=1S/C13H13NO2/c1-8-4-5-11(6-9(8)2)7-12-10(3)14-16-13(12)15/h4-7H,1-3H3. The van der Waals surface area contributed by atoms with Gasteiger partial charge < -0.3 is 4.84 Å². The average Bonchev–Trinajstić information content (AvgIpc) is 2.55. The summed E-state index contributed by atoms with van der Waals surface area (Å²) in [6.07, 6.45) is 1.81. The SMILES string of the molecule is CC1=NOC(=O)C1=Cc1ccc(C)c(C)c1. The molecule has 0 saturated carbocycles. The molecule has 0 amide bonds. The number of aryl methyl sites for hydroxylation is 2. The van der Waals surface area contributed by atoms with Crippen LogP contribution in [0.2, 0.25) is 0 Å². The number of hydrogen-bond acceptors (Lipinski definition) is 3. The number of carbonyl (C=O) groups excluding carboxylic acids is 1. The van der Waals surface area contributed by atoms with Gasteiger partial charge in [-0.3, -0.25) is 0 Å². The Bertz CT molecular complexity index is 513. The molecule has 1 aromatic carbocycles. The lowest BCUT2D eigenvalue weighted by atomic mass is 10.0. The summed E-state index contributed by atoms with van der Waals surface area (Å²) in [6.45, 7) is 5.87. The summed E-state index contributed by atoms with van der Waals surface area (Å²) in [5, 5.41) is 3.63. The number of rotatable bonds is 1. The monoisotopic (exact) mass is 215 g/mol. The summed E-state index contributed by atoms with van der Waals surface area (Å²) in [6, 6.07) is 6.06. The smallest absolute Gasteiger partial charge is 0.312 e. The van der Waals surface area contributed by atoms with E-state index in [1.807, 2.05) is 25.1 Å². The van der Waals surface area contributed by atoms with E-state index < -0.39 is 0 Å². The van der Waals surface area contributed by atoms with Crippen LogP contribution in [0.15, 0.2) is 28.9 Å². The zero-order valence-corrected chi connectivity index (χ0v) is 9.57. The topological polar surface area (TPSA) is 38.7 Å². The van der Waals surface area contributed by atoms with Crippen molar-refractivity contribution in [3.05, 3.63) is 40.5 Å². The molecule has 1 heterocycles. The molecule has 0 aromatic heterocycles. The van der Waals surface area contributed by atoms with E-state index in [1.54, 1.807) is 13.0 Å². The molecule has 3 heteroatoms. The maximum absolute atomic E-state index is 11.3. The Morgan fingerprint density at radius 1 is 1.19 bits per heavy atom. The molecule has 0 radical (unpaired) electrons. The highest BCUT2D eigenvalue weighted by Gasteiger charge is 2.21. The third-order valence-electron chi connectivity index (χ3n) is 2.72. The fourth-order valence-corrected chi connectivity index (χ4v) is 1.54. The fraction of sp³-hybridized carbons (Fsp3) is 0.231. The van der Waals surface area contributed by atoms with Crippen molar-refractivity contribution >= 4 is 17.8 Å². The third-order valence-corrected chi connectivity index (χ3v) is 2.72. The van der Waals surface area contributed by atoms with Gasteiger partial charge in [-0.2, -0.15) is 0 Å². The zero-order chi connectivity index (χ0) is 11.7. The Morgan fingerprint density at radius 2 is 1.94 bits per heavy atom. The van der Waals surface area contributed by atoms with Gasteiger partial charge in [0.15, 0.2) is 0 Å². The van der Waals surface area contributed by atoms with Crippen LogP contribution in [0.3, 0.4) is 0 Å². The number of carbonyl (C=O) groups is 1. The van der Waals surface area contributed by atoms with Gasteiger partial charge in [0.25, 0.3) is 0 Å². The number of nitrogens with zero attached hydrogens (tertiary/aromatic N) is 1. The lowest BCUT2D eigenvalue weighted by molar-refractivity contribution is -0.136. The predicted molar refractivity (Wildman–Crippen MR) is 63.1 cm³/mol. The zero-order valence-electron chi connectivity index (χ0n) is 9.57. The first-order valence-corrected chi connectivity index (χ1v) is 5.13. The number of benzene rings is 1. The number of hydrogen-bond donors (Lipinski definition) is 0. The highest BCUT2D eigenvalue weighted by molar-refractivity contribution is 6.24. The lowest BCUT2D eigenvalue weighted by Crippen LogP contribution is -2.01. The molecule has 2 rings (SSSR count). The van der Waals surface area contributed by atoms with Crippen LogP contribution in [0.5, 0.6) is 0 Å². The molecular formula is C13H13NO2. The van der Waals surface area contributed by atoms with Crippen molar-refractivity contribution in [2.75, 3.05) is 0 Å². The molecule has 0 spiro atoms. The molecule has 16 heavy (non-hydrogen) atoms. The van der Waals surface area contributed by atoms with Crippen molar-refractivity contribution in [1.82, 2.24) is 0 Å². The van der Waals surface area contributed by atoms with Gasteiger partial charge in [0, 0.05) is 0 Å². The van der Waals surface area contributed by atoms with E-state index >= 15 is 0 Å². The quantitative estimate of drug-likeness (QED) is 0.533. The maximum Gasteiger partial charge on any atom is 0.367 e. The van der Waals surface area contributed by atoms with Gasteiger partial charge in [0.2, 0.25) is 0 Å². The molecule has 0 atom stereocenters. The molecule has 1 aromatic rings. The molecule has 0 aliphatic carbocycles. The lowest BCUT2D eigenvalue weighted by Gasteiger charge is -2.01. The van der Waals surface area contributed by atoms with Crippen LogP contribution in [0.4, 0.5) is 0 Å². The van der Waals surface area contributed by atoms with E-state index in [0.717, 1.165) is 5.56 Å². The van der Waals surface area contributed by atoms with E-state index in [9.17, 15) is 4.79 Å². The molecule has 82 valence electrons. The Labute approximate surface area is 94.4 Å². The van der Waals surface area contributed by atoms with Crippen LogP contribution in [-0.4, -0.2) is 11.7 Å². The van der Waals surface area contributed by atoms with Gasteiger partial charge >= 0.3 is 5.97 Å². The van der Waals surface area contributed by atoms with E-state index in [2.05, 4.69) is 16.9 Å². The summed E-state index contributed by atoms with van der Waals surface area (Å²) >= 11 is 0. The molecule has 1 aliphatic rings. The molecule has 0 unspecified atom stereocenters. The number of oxime groups is 1. The Morgan fingerprint density at radius 3 is 2.50 bits per heavy atom. The summed E-state index contributed by atoms with van der Waals surface area (Å²) in [5.74, 6) is -0.379. The van der Waals surface area contributed by atoms with E-state index in [4.69, 9.17) is 0 Å². The van der Waals surface area contributed by atoms with Crippen LogP contribution >= 0.6 is 0 Å². The summed E-state index contributed by atoms with van der Waals surface area (Å²) in [5.41, 5.74) is 4.59. The van der Waals surface area contributed by atoms with Gasteiger partial charge in [-0.05, 0) is 43.5 Å². The van der Waals surface area contributed by atoms with E-state index in [0.29, 0.717) is 11.3 Å². The average molecular weight is 215 g/mol. The second kappa shape index (κ2) is 3.93. The second-order valence-electron chi connectivity index (χ2n) is 3.96. The van der Waals surface area contributed by atoms with Crippen LogP contribution in [0.1, 0.15) is 23.6 Å². The molecule has 1 aliphatic heterocycles. The summed E-state index contributed by atoms with van der Waals surface area (Å²) in [7, 11) is 0. The first-order valence-electron chi connectivity index (χ1n) is 5.13. The highest BCUT2D eigenvalue weighted by atomic mass is 16.7. The minimum absolute atomic E-state index is 0.379. The van der Waals surface area contributed by atoms with Crippen LogP contribution in [0.25, 0.3) is 6.08 Å². The molecular weight excluding hydrogens is 202 g/mol. The van der Waals surface area contributed by atoms with Gasteiger partial charge in [0.05, 0.1) is 11.3 Å². The first-order chi connectivity index (χ1) is 7.58. The van der Waals surface area contributed by atoms with Crippen molar-refractivity contribution in [1.29, 1.82) is 0 Å². The summed E-state index contributed by atoms with van der Waals surface area (Å²) < 4.78 is 0. The van der Waals surface area contributed by atoms with Gasteiger partial charge in [-0.1, -0.05) is 23.4 Å². The molecule has 0 N–H and O–H groups in total. The van der Waals surface area contributed by atoms with Crippen molar-refractivity contribution in [3.63, 3.8) is 0 Å². The molecule has 0 bridgehead atoms. The van der Waals surface area contributed by atoms with Crippen molar-refractivity contribution < 1.29 is 9.63 Å². The molecule has 3 nitrogen and oxygen atoms in total. The normalized spacial score (nSPS) is 17.6. The van der Waals surface area contributed by atoms with Crippen molar-refractivity contribution in [2.24, 2.45) is 5.16 Å². The predicted octanol–water partition coefficient (Wildman–Crippen LogP) is 2.62. The summed E-state index contributed by atoms with van der Waals surface area (Å²) in [4.78, 5) is 15.9. The Balaban J connectivity index is 2.39. The Hall–Kier alpha value is -1.90. The van der Waals surface area contributed by atoms with Crippen LogP contribution in [-0.2, 0) is 9.63 Å². The van der Waals surface area contributed by atoms with Crippen LogP contribution in [0, 0.1) is 13.8 Å². The second-order valence-corrected chi connectivity index (χ2v) is 3.96. The minimum Gasteiger partial charge on any atom is -0.312 e. The third kappa shape index (κ3) is 1.89. The Kier molecular flexibility index (Phi) is 2.60. The fourth-order valence-electron chi connectivity index (χ4n) is 1.54. The van der Waals surface area contributed by atoms with Gasteiger partial charge in [-0.15, -0.1) is 0 Å². The van der Waals surface area contributed by atoms with Crippen LogP contribution < -0.4 is 0 Å². The minimum atomic E-state index is -0.379. The largest absolute Gasteiger partial charge is 0.367 e.